The predicted octanol–water partition coefficient (Wildman–Crippen LogP) is 0.916. The molecule has 0 radical (unpaired) electrons. The predicted molar refractivity (Wildman–Crippen MR) is 40.9 cm³/mol. The van der Waals surface area contributed by atoms with E-state index in [0.29, 0.717) is 11.8 Å². The quantitative estimate of drug-likeness (QED) is 0.500. The second-order valence-electron chi connectivity index (χ2n) is 3.23. The maximum absolute atomic E-state index is 11.1. The van der Waals surface area contributed by atoms with Crippen LogP contribution in [0.15, 0.2) is 0 Å². The van der Waals surface area contributed by atoms with E-state index < -0.39 is 0 Å². The molecular weight excluding hydrogens is 126 g/mol. The number of piperidine rings is 1. The molecule has 0 bridgehead atoms. The number of hydrogen-bond donors (Lipinski definition) is 0. The Hall–Kier alpha value is -0.370. The minimum atomic E-state index is 0.235. The molecule has 1 aliphatic rings. The van der Waals surface area contributed by atoms with Gasteiger partial charge in [-0.1, -0.05) is 6.92 Å². The number of Topliss-reactive ketones (excluding diaryl/α,β-unsaturated/α-hetero) is 1. The van der Waals surface area contributed by atoms with Crippen LogP contribution in [0.2, 0.25) is 0 Å². The molecule has 58 valence electrons. The molecule has 0 spiro atoms. The van der Waals surface area contributed by atoms with E-state index >= 15 is 0 Å². The highest BCUT2D eigenvalue weighted by molar-refractivity contribution is 5.82. The van der Waals surface area contributed by atoms with Crippen molar-refractivity contribution < 1.29 is 4.79 Å². The summed E-state index contributed by atoms with van der Waals surface area (Å²) >= 11 is 0. The zero-order valence-corrected chi connectivity index (χ0v) is 6.92. The van der Waals surface area contributed by atoms with E-state index in [1.807, 2.05) is 6.92 Å². The van der Waals surface area contributed by atoms with Crippen LogP contribution in [0, 0.1) is 5.92 Å². The van der Waals surface area contributed by atoms with Crippen LogP contribution in [0.5, 0.6) is 0 Å². The molecule has 0 saturated carbocycles. The van der Waals surface area contributed by atoms with Crippen LogP contribution < -0.4 is 0 Å². The molecule has 0 N–H and O–H groups in total. The molecule has 1 saturated heterocycles. The Balaban J connectivity index is 2.60. The molecule has 10 heavy (non-hydrogen) atoms. The van der Waals surface area contributed by atoms with Crippen molar-refractivity contribution in [3.63, 3.8) is 0 Å². The van der Waals surface area contributed by atoms with Crippen molar-refractivity contribution >= 4 is 5.78 Å². The first kappa shape index (κ1) is 7.73. The molecule has 2 nitrogen and oxygen atoms in total. The molecule has 2 heteroatoms. The van der Waals surface area contributed by atoms with Crippen molar-refractivity contribution in [1.82, 2.24) is 4.90 Å². The van der Waals surface area contributed by atoms with E-state index in [1.54, 1.807) is 0 Å². The third kappa shape index (κ3) is 1.21. The summed E-state index contributed by atoms with van der Waals surface area (Å²) in [5.41, 5.74) is 0. The number of nitrogens with zero attached hydrogens (tertiary/aromatic N) is 1. The van der Waals surface area contributed by atoms with Gasteiger partial charge in [0.1, 0.15) is 5.78 Å². The van der Waals surface area contributed by atoms with E-state index in [4.69, 9.17) is 0 Å². The summed E-state index contributed by atoms with van der Waals surface area (Å²) in [6.07, 6.45) is 0.738. The lowest BCUT2D eigenvalue weighted by Gasteiger charge is -2.33. The molecule has 2 atom stereocenters. The zero-order valence-electron chi connectivity index (χ0n) is 6.92. The Morgan fingerprint density at radius 3 is 2.60 bits per heavy atom. The van der Waals surface area contributed by atoms with Crippen LogP contribution in [0.25, 0.3) is 0 Å². The van der Waals surface area contributed by atoms with Gasteiger partial charge >= 0.3 is 0 Å². The highest BCUT2D eigenvalue weighted by atomic mass is 16.1. The minimum Gasteiger partial charge on any atom is -0.303 e. The molecule has 0 aromatic heterocycles. The normalized spacial score (nSPS) is 36.5. The van der Waals surface area contributed by atoms with Gasteiger partial charge in [0, 0.05) is 24.9 Å². The Kier molecular flexibility index (Phi) is 2.09. The maximum Gasteiger partial charge on any atom is 0.138 e. The largest absolute Gasteiger partial charge is 0.303 e. The fourth-order valence-electron chi connectivity index (χ4n) is 1.37. The van der Waals surface area contributed by atoms with Crippen molar-refractivity contribution in [3.8, 4) is 0 Å². The average molecular weight is 141 g/mol. The van der Waals surface area contributed by atoms with Gasteiger partial charge in [-0.05, 0) is 14.0 Å². The Morgan fingerprint density at radius 2 is 2.10 bits per heavy atom. The van der Waals surface area contributed by atoms with E-state index in [9.17, 15) is 4.79 Å². The average Bonchev–Trinajstić information content (AvgIpc) is 1.93. The molecule has 2 unspecified atom stereocenters. The van der Waals surface area contributed by atoms with Gasteiger partial charge in [0.15, 0.2) is 0 Å². The second-order valence-corrected chi connectivity index (χ2v) is 3.23. The number of carbonyl (C=O) groups excluding carboxylic acids is 1. The maximum atomic E-state index is 11.1. The van der Waals surface area contributed by atoms with Crippen LogP contribution >= 0.6 is 0 Å². The zero-order chi connectivity index (χ0) is 7.72. The number of rotatable bonds is 0. The molecule has 0 aliphatic carbocycles. The Labute approximate surface area is 62.2 Å². The van der Waals surface area contributed by atoms with E-state index in [2.05, 4.69) is 18.9 Å². The van der Waals surface area contributed by atoms with Gasteiger partial charge in [0.05, 0.1) is 0 Å². The smallest absolute Gasteiger partial charge is 0.138 e. The number of likely N-dealkylation sites (tertiary alicyclic amines) is 1. The number of ketones is 1. The fourth-order valence-corrected chi connectivity index (χ4v) is 1.37. The van der Waals surface area contributed by atoms with E-state index in [-0.39, 0.29) is 5.92 Å². The van der Waals surface area contributed by atoms with Crippen LogP contribution in [0.1, 0.15) is 20.3 Å². The molecule has 1 aliphatic heterocycles. The summed E-state index contributed by atoms with van der Waals surface area (Å²) < 4.78 is 0. The molecule has 0 amide bonds. The topological polar surface area (TPSA) is 20.3 Å². The standard InChI is InChI=1S/C8H15NO/c1-6-7(2)9(3)5-4-8(6)10/h6-7H,4-5H2,1-3H3. The van der Waals surface area contributed by atoms with Crippen molar-refractivity contribution in [1.29, 1.82) is 0 Å². The van der Waals surface area contributed by atoms with E-state index in [0.717, 1.165) is 13.0 Å². The van der Waals surface area contributed by atoms with Gasteiger partial charge in [-0.25, -0.2) is 0 Å². The SMILES string of the molecule is CC1C(=O)CCN(C)C1C. The van der Waals surface area contributed by atoms with Gasteiger partial charge in [0.2, 0.25) is 0 Å². The lowest BCUT2D eigenvalue weighted by molar-refractivity contribution is -0.127. The van der Waals surface area contributed by atoms with Crippen molar-refractivity contribution in [2.45, 2.75) is 26.3 Å². The Morgan fingerprint density at radius 1 is 1.50 bits per heavy atom. The lowest BCUT2D eigenvalue weighted by atomic mass is 9.91. The van der Waals surface area contributed by atoms with Crippen molar-refractivity contribution in [3.05, 3.63) is 0 Å². The summed E-state index contributed by atoms with van der Waals surface area (Å²) in [6.45, 7) is 5.06. The molecule has 0 aromatic rings. The summed E-state index contributed by atoms with van der Waals surface area (Å²) in [5.74, 6) is 0.657. The van der Waals surface area contributed by atoms with Crippen molar-refractivity contribution in [2.24, 2.45) is 5.92 Å². The first-order valence-electron chi connectivity index (χ1n) is 3.86. The summed E-state index contributed by atoms with van der Waals surface area (Å²) in [5, 5.41) is 0. The third-order valence-electron chi connectivity index (χ3n) is 2.64. The van der Waals surface area contributed by atoms with Gasteiger partial charge in [0.25, 0.3) is 0 Å². The van der Waals surface area contributed by atoms with Crippen LogP contribution in [-0.4, -0.2) is 30.3 Å². The summed E-state index contributed by atoms with van der Waals surface area (Å²) in [4.78, 5) is 13.4. The van der Waals surface area contributed by atoms with E-state index in [1.165, 1.54) is 0 Å². The first-order valence-corrected chi connectivity index (χ1v) is 3.86. The fraction of sp³-hybridized carbons (Fsp3) is 0.875. The molecule has 1 heterocycles. The van der Waals surface area contributed by atoms with Crippen LogP contribution in [-0.2, 0) is 4.79 Å². The summed E-state index contributed by atoms with van der Waals surface area (Å²) in [7, 11) is 2.08. The van der Waals surface area contributed by atoms with Gasteiger partial charge in [-0.3, -0.25) is 4.79 Å². The Bertz CT molecular complexity index is 144. The van der Waals surface area contributed by atoms with Crippen LogP contribution in [0.4, 0.5) is 0 Å². The monoisotopic (exact) mass is 141 g/mol. The lowest BCUT2D eigenvalue weighted by Crippen LogP contribution is -2.44. The minimum absolute atomic E-state index is 0.235. The molecule has 1 fully saturated rings. The molecular formula is C8H15NO. The second kappa shape index (κ2) is 2.70. The van der Waals surface area contributed by atoms with Gasteiger partial charge < -0.3 is 4.90 Å². The highest BCUT2D eigenvalue weighted by Gasteiger charge is 2.27. The summed E-state index contributed by atoms with van der Waals surface area (Å²) in [6, 6.07) is 0.432. The van der Waals surface area contributed by atoms with Crippen LogP contribution in [0.3, 0.4) is 0 Å². The first-order chi connectivity index (χ1) is 4.63. The molecule has 1 rings (SSSR count). The number of carbonyl (C=O) groups is 1. The van der Waals surface area contributed by atoms with Gasteiger partial charge in [-0.15, -0.1) is 0 Å². The molecule has 0 aromatic carbocycles. The third-order valence-corrected chi connectivity index (χ3v) is 2.64. The van der Waals surface area contributed by atoms with Crippen molar-refractivity contribution in [2.75, 3.05) is 13.6 Å². The highest BCUT2D eigenvalue weighted by Crippen LogP contribution is 2.17. The number of hydrogen-bond acceptors (Lipinski definition) is 2. The van der Waals surface area contributed by atoms with Gasteiger partial charge in [-0.2, -0.15) is 0 Å².